The van der Waals surface area contributed by atoms with Crippen molar-refractivity contribution in [3.05, 3.63) is 28.8 Å². The van der Waals surface area contributed by atoms with Gasteiger partial charge in [0.25, 0.3) is 11.7 Å². The van der Waals surface area contributed by atoms with Gasteiger partial charge in [-0.2, -0.15) is 0 Å². The maximum atomic E-state index is 12.1. The van der Waals surface area contributed by atoms with Gasteiger partial charge in [-0.3, -0.25) is 9.59 Å². The Bertz CT molecular complexity index is 553. The molecule has 106 valence electrons. The molecule has 2 heterocycles. The van der Waals surface area contributed by atoms with Gasteiger partial charge in [-0.1, -0.05) is 24.1 Å². The number of piperidine rings is 1. The maximum absolute atomic E-state index is 12.1. The van der Waals surface area contributed by atoms with Crippen LogP contribution in [0.1, 0.15) is 29.6 Å². The van der Waals surface area contributed by atoms with Crippen LogP contribution in [0.2, 0.25) is 5.02 Å². The fourth-order valence-corrected chi connectivity index (χ4v) is 3.23. The van der Waals surface area contributed by atoms with Gasteiger partial charge in [0.15, 0.2) is 0 Å². The van der Waals surface area contributed by atoms with Gasteiger partial charge in [0.2, 0.25) is 0 Å². The third-order valence-corrected chi connectivity index (χ3v) is 4.33. The van der Waals surface area contributed by atoms with E-state index < -0.39 is 11.7 Å². The van der Waals surface area contributed by atoms with Crippen LogP contribution in [-0.4, -0.2) is 42.8 Å². The van der Waals surface area contributed by atoms with Crippen molar-refractivity contribution in [3.63, 3.8) is 0 Å². The van der Waals surface area contributed by atoms with Crippen molar-refractivity contribution in [2.45, 2.75) is 19.3 Å². The smallest absolute Gasteiger partial charge is 0.299 e. The first-order chi connectivity index (χ1) is 9.68. The van der Waals surface area contributed by atoms with Gasteiger partial charge in [-0.05, 0) is 38.1 Å². The Kier molecular flexibility index (Phi) is 3.76. The average molecular weight is 293 g/mol. The van der Waals surface area contributed by atoms with Crippen molar-refractivity contribution >= 4 is 29.0 Å². The Labute approximate surface area is 123 Å². The molecule has 2 aliphatic heterocycles. The minimum absolute atomic E-state index is 0.432. The molecule has 0 unspecified atom stereocenters. The van der Waals surface area contributed by atoms with E-state index in [1.165, 1.54) is 24.2 Å². The molecule has 1 aromatic carbocycles. The van der Waals surface area contributed by atoms with Gasteiger partial charge < -0.3 is 9.80 Å². The van der Waals surface area contributed by atoms with E-state index in [1.54, 1.807) is 18.2 Å². The van der Waals surface area contributed by atoms with Crippen LogP contribution in [0.15, 0.2) is 18.2 Å². The molecule has 0 bridgehead atoms. The van der Waals surface area contributed by atoms with Gasteiger partial charge in [0, 0.05) is 13.1 Å². The number of halogens is 1. The van der Waals surface area contributed by atoms with E-state index >= 15 is 0 Å². The number of ketones is 1. The van der Waals surface area contributed by atoms with Crippen LogP contribution in [-0.2, 0) is 4.79 Å². The van der Waals surface area contributed by atoms with Crippen molar-refractivity contribution in [3.8, 4) is 0 Å². The fourth-order valence-electron chi connectivity index (χ4n) is 2.95. The number of hydrogen-bond donors (Lipinski definition) is 0. The zero-order valence-electron chi connectivity index (χ0n) is 11.3. The van der Waals surface area contributed by atoms with E-state index in [9.17, 15) is 9.59 Å². The molecule has 3 rings (SSSR count). The Morgan fingerprint density at radius 1 is 1.05 bits per heavy atom. The number of Topliss-reactive ketones (excluding diaryl/α,β-unsaturated/α-hetero) is 1. The first-order valence-corrected chi connectivity index (χ1v) is 7.43. The lowest BCUT2D eigenvalue weighted by Gasteiger charge is -2.28. The number of carbonyl (C=O) groups is 2. The van der Waals surface area contributed by atoms with Crippen molar-refractivity contribution in [2.24, 2.45) is 0 Å². The Hall–Kier alpha value is -1.39. The Morgan fingerprint density at radius 3 is 2.55 bits per heavy atom. The summed E-state index contributed by atoms with van der Waals surface area (Å²) in [4.78, 5) is 27.9. The minimum Gasteiger partial charge on any atom is -0.302 e. The molecule has 0 atom stereocenters. The summed E-state index contributed by atoms with van der Waals surface area (Å²) in [6.45, 7) is 3.47. The number of nitrogens with zero attached hydrogens (tertiary/aromatic N) is 2. The first-order valence-electron chi connectivity index (χ1n) is 7.05. The summed E-state index contributed by atoms with van der Waals surface area (Å²) >= 11 is 6.16. The van der Waals surface area contributed by atoms with E-state index in [0.29, 0.717) is 22.8 Å². The molecule has 0 aliphatic carbocycles. The quantitative estimate of drug-likeness (QED) is 0.803. The normalized spacial score (nSPS) is 19.6. The second-order valence-electron chi connectivity index (χ2n) is 5.32. The van der Waals surface area contributed by atoms with Gasteiger partial charge >= 0.3 is 0 Å². The van der Waals surface area contributed by atoms with E-state index in [0.717, 1.165) is 19.6 Å². The average Bonchev–Trinajstić information content (AvgIpc) is 2.72. The molecule has 1 aromatic rings. The molecule has 1 fully saturated rings. The highest BCUT2D eigenvalue weighted by Gasteiger charge is 2.37. The second-order valence-corrected chi connectivity index (χ2v) is 5.73. The first kappa shape index (κ1) is 13.6. The van der Waals surface area contributed by atoms with Crippen molar-refractivity contribution in [2.75, 3.05) is 31.1 Å². The number of hydrogen-bond acceptors (Lipinski definition) is 3. The SMILES string of the molecule is O=C1C(=O)N(CCN2CCCCC2)c2c(Cl)cccc21. The van der Waals surface area contributed by atoms with Crippen LogP contribution in [0, 0.1) is 0 Å². The monoisotopic (exact) mass is 292 g/mol. The van der Waals surface area contributed by atoms with Gasteiger partial charge in [0.1, 0.15) is 0 Å². The van der Waals surface area contributed by atoms with Gasteiger partial charge in [0.05, 0.1) is 16.3 Å². The summed E-state index contributed by atoms with van der Waals surface area (Å²) < 4.78 is 0. The van der Waals surface area contributed by atoms with E-state index in [2.05, 4.69) is 4.90 Å². The summed E-state index contributed by atoms with van der Waals surface area (Å²) in [7, 11) is 0. The zero-order valence-corrected chi connectivity index (χ0v) is 12.0. The predicted molar refractivity (Wildman–Crippen MR) is 78.4 cm³/mol. The van der Waals surface area contributed by atoms with Crippen LogP contribution in [0.4, 0.5) is 5.69 Å². The molecule has 1 saturated heterocycles. The summed E-state index contributed by atoms with van der Waals surface area (Å²) in [5.74, 6) is -0.897. The van der Waals surface area contributed by atoms with Crippen LogP contribution < -0.4 is 4.90 Å². The van der Waals surface area contributed by atoms with E-state index in [-0.39, 0.29) is 0 Å². The lowest BCUT2D eigenvalue weighted by Crippen LogP contribution is -2.40. The maximum Gasteiger partial charge on any atom is 0.299 e. The lowest BCUT2D eigenvalue weighted by atomic mass is 10.1. The Morgan fingerprint density at radius 2 is 1.80 bits per heavy atom. The number of likely N-dealkylation sites (tertiary alicyclic amines) is 1. The number of fused-ring (bicyclic) bond motifs is 1. The standard InChI is InChI=1S/C15H17ClN2O2/c16-12-6-4-5-11-13(12)18(15(20)14(11)19)10-9-17-7-2-1-3-8-17/h4-6H,1-3,7-10H2. The topological polar surface area (TPSA) is 40.6 Å². The number of carbonyl (C=O) groups excluding carboxylic acids is 2. The highest BCUT2D eigenvalue weighted by molar-refractivity contribution is 6.54. The number of anilines is 1. The zero-order chi connectivity index (χ0) is 14.1. The van der Waals surface area contributed by atoms with Gasteiger partial charge in [-0.15, -0.1) is 0 Å². The van der Waals surface area contributed by atoms with Crippen LogP contribution in [0.25, 0.3) is 0 Å². The highest BCUT2D eigenvalue weighted by Crippen LogP contribution is 2.35. The number of benzene rings is 1. The summed E-state index contributed by atoms with van der Waals surface area (Å²) in [5, 5.41) is 0.473. The molecule has 2 aliphatic rings. The third kappa shape index (κ3) is 2.34. The minimum atomic E-state index is -0.454. The van der Waals surface area contributed by atoms with Gasteiger partial charge in [-0.25, -0.2) is 0 Å². The van der Waals surface area contributed by atoms with E-state index in [4.69, 9.17) is 11.6 Å². The number of amides is 1. The molecular formula is C15H17ClN2O2. The summed E-state index contributed by atoms with van der Waals surface area (Å²) in [5.41, 5.74) is 1.02. The molecule has 0 aromatic heterocycles. The molecule has 0 N–H and O–H groups in total. The predicted octanol–water partition coefficient (Wildman–Crippen LogP) is 2.36. The molecule has 1 amide bonds. The molecular weight excluding hydrogens is 276 g/mol. The molecule has 4 nitrogen and oxygen atoms in total. The second kappa shape index (κ2) is 5.54. The molecule has 20 heavy (non-hydrogen) atoms. The van der Waals surface area contributed by atoms with Crippen LogP contribution in [0.3, 0.4) is 0 Å². The molecule has 5 heteroatoms. The number of para-hydroxylation sites is 1. The molecule has 0 saturated carbocycles. The van der Waals surface area contributed by atoms with Crippen LogP contribution in [0.5, 0.6) is 0 Å². The lowest BCUT2D eigenvalue weighted by molar-refractivity contribution is -0.114. The van der Waals surface area contributed by atoms with Crippen LogP contribution >= 0.6 is 11.6 Å². The third-order valence-electron chi connectivity index (χ3n) is 4.03. The summed E-state index contributed by atoms with van der Waals surface area (Å²) in [6, 6.07) is 5.10. The van der Waals surface area contributed by atoms with Crippen molar-refractivity contribution in [1.29, 1.82) is 0 Å². The van der Waals surface area contributed by atoms with Crippen molar-refractivity contribution < 1.29 is 9.59 Å². The largest absolute Gasteiger partial charge is 0.302 e. The fraction of sp³-hybridized carbons (Fsp3) is 0.467. The van der Waals surface area contributed by atoms with Crippen molar-refractivity contribution in [1.82, 2.24) is 4.90 Å². The van der Waals surface area contributed by atoms with E-state index in [1.807, 2.05) is 0 Å². The number of rotatable bonds is 3. The summed E-state index contributed by atoms with van der Waals surface area (Å²) in [6.07, 6.45) is 3.71. The Balaban J connectivity index is 1.77. The highest BCUT2D eigenvalue weighted by atomic mass is 35.5. The molecule has 0 radical (unpaired) electrons. The molecule has 0 spiro atoms.